The van der Waals surface area contributed by atoms with Gasteiger partial charge in [-0.05, 0) is 48.4 Å². The van der Waals surface area contributed by atoms with E-state index in [2.05, 4.69) is 25.9 Å². The van der Waals surface area contributed by atoms with E-state index in [0.717, 1.165) is 11.1 Å². The summed E-state index contributed by atoms with van der Waals surface area (Å²) < 4.78 is 1.73. The molecule has 3 amide bonds. The van der Waals surface area contributed by atoms with Crippen molar-refractivity contribution >= 4 is 29.0 Å². The molecule has 0 saturated carbocycles. The molecule has 0 aliphatic heterocycles. The van der Waals surface area contributed by atoms with Crippen LogP contribution in [-0.2, 0) is 6.54 Å². The van der Waals surface area contributed by atoms with E-state index in [0.29, 0.717) is 29.3 Å². The summed E-state index contributed by atoms with van der Waals surface area (Å²) in [7, 11) is 0. The summed E-state index contributed by atoms with van der Waals surface area (Å²) in [5.74, 6) is -0.253. The van der Waals surface area contributed by atoms with E-state index in [1.165, 1.54) is 0 Å². The van der Waals surface area contributed by atoms with Crippen LogP contribution in [0.5, 0.6) is 0 Å². The number of benzene rings is 1. The number of carbonyl (C=O) groups excluding carboxylic acids is 2. The van der Waals surface area contributed by atoms with E-state index in [4.69, 9.17) is 0 Å². The Labute approximate surface area is 173 Å². The molecular formula is C22H20N6O2. The lowest BCUT2D eigenvalue weighted by atomic mass is 10.1. The predicted octanol–water partition coefficient (Wildman–Crippen LogP) is 3.61. The molecule has 3 N–H and O–H groups in total. The van der Waals surface area contributed by atoms with Gasteiger partial charge in [0.25, 0.3) is 5.91 Å². The smallest absolute Gasteiger partial charge is 0.319 e. The highest BCUT2D eigenvalue weighted by Crippen LogP contribution is 2.18. The Kier molecular flexibility index (Phi) is 5.38. The van der Waals surface area contributed by atoms with Crippen molar-refractivity contribution in [1.29, 1.82) is 0 Å². The molecular weight excluding hydrogens is 380 g/mol. The molecule has 4 aromatic rings. The van der Waals surface area contributed by atoms with Crippen molar-refractivity contribution in [2.24, 2.45) is 0 Å². The molecule has 0 bridgehead atoms. The third kappa shape index (κ3) is 4.27. The number of aryl methyl sites for hydroxylation is 1. The van der Waals surface area contributed by atoms with E-state index in [1.807, 2.05) is 43.3 Å². The van der Waals surface area contributed by atoms with E-state index >= 15 is 0 Å². The van der Waals surface area contributed by atoms with Crippen LogP contribution in [0.25, 0.3) is 5.65 Å². The first kappa shape index (κ1) is 19.1. The maximum Gasteiger partial charge on any atom is 0.319 e. The summed E-state index contributed by atoms with van der Waals surface area (Å²) in [6.45, 7) is 2.22. The highest BCUT2D eigenvalue weighted by Gasteiger charge is 2.13. The number of urea groups is 1. The second-order valence-electron chi connectivity index (χ2n) is 6.73. The SMILES string of the molecule is Cc1ccc(CNC(=O)Nc2cccnc2)cc1NC(=O)c1cnc2ccccn12. The van der Waals surface area contributed by atoms with Gasteiger partial charge in [-0.3, -0.25) is 14.2 Å². The number of nitrogens with zero attached hydrogens (tertiary/aromatic N) is 3. The third-order valence-corrected chi connectivity index (χ3v) is 4.57. The lowest BCUT2D eigenvalue weighted by Gasteiger charge is -2.12. The second kappa shape index (κ2) is 8.44. The number of nitrogens with one attached hydrogen (secondary N) is 3. The number of aromatic nitrogens is 3. The van der Waals surface area contributed by atoms with Gasteiger partial charge in [0.15, 0.2) is 0 Å². The van der Waals surface area contributed by atoms with E-state index in [9.17, 15) is 9.59 Å². The minimum Gasteiger partial charge on any atom is -0.334 e. The zero-order valence-electron chi connectivity index (χ0n) is 16.3. The van der Waals surface area contributed by atoms with Crippen LogP contribution in [-0.4, -0.2) is 26.3 Å². The van der Waals surface area contributed by atoms with Gasteiger partial charge in [0.2, 0.25) is 0 Å². The van der Waals surface area contributed by atoms with Crippen LogP contribution in [0.4, 0.5) is 16.2 Å². The maximum atomic E-state index is 12.8. The predicted molar refractivity (Wildman–Crippen MR) is 114 cm³/mol. The zero-order valence-corrected chi connectivity index (χ0v) is 16.3. The Balaban J connectivity index is 1.43. The van der Waals surface area contributed by atoms with Crippen molar-refractivity contribution in [3.63, 3.8) is 0 Å². The summed E-state index contributed by atoms with van der Waals surface area (Å²) in [4.78, 5) is 33.0. The normalized spacial score (nSPS) is 10.6. The minimum atomic E-state index is -0.333. The molecule has 0 fully saturated rings. The molecule has 4 rings (SSSR count). The molecule has 0 atom stereocenters. The average Bonchev–Trinajstić information content (AvgIpc) is 3.19. The Morgan fingerprint density at radius 1 is 1.03 bits per heavy atom. The number of rotatable bonds is 5. The Hall–Kier alpha value is -4.20. The highest BCUT2D eigenvalue weighted by molar-refractivity contribution is 6.04. The first-order valence-corrected chi connectivity index (χ1v) is 9.38. The van der Waals surface area contributed by atoms with Gasteiger partial charge < -0.3 is 16.0 Å². The quantitative estimate of drug-likeness (QED) is 0.476. The standard InChI is InChI=1S/C22H20N6O2/c1-15-7-8-16(12-25-22(30)26-17-5-4-9-23-13-17)11-18(15)27-21(29)19-14-24-20-6-2-3-10-28(19)20/h2-11,13-14H,12H2,1H3,(H,27,29)(H2,25,26,30). The Bertz CT molecular complexity index is 1200. The molecule has 3 aromatic heterocycles. The van der Waals surface area contributed by atoms with Crippen molar-refractivity contribution in [2.75, 3.05) is 10.6 Å². The summed E-state index contributed by atoms with van der Waals surface area (Å²) in [6, 6.07) is 14.4. The largest absolute Gasteiger partial charge is 0.334 e. The number of pyridine rings is 2. The first-order chi connectivity index (χ1) is 14.6. The number of amides is 3. The summed E-state index contributed by atoms with van der Waals surface area (Å²) in [5, 5.41) is 8.44. The van der Waals surface area contributed by atoms with Crippen LogP contribution in [0, 0.1) is 6.92 Å². The Morgan fingerprint density at radius 3 is 2.77 bits per heavy atom. The number of carbonyl (C=O) groups is 2. The van der Waals surface area contributed by atoms with Gasteiger partial charge in [0.1, 0.15) is 11.3 Å². The molecule has 0 spiro atoms. The molecule has 0 aliphatic carbocycles. The number of anilines is 2. The molecule has 3 heterocycles. The summed E-state index contributed by atoms with van der Waals surface area (Å²) >= 11 is 0. The summed E-state index contributed by atoms with van der Waals surface area (Å²) in [5.41, 5.74) is 4.22. The molecule has 0 saturated heterocycles. The number of fused-ring (bicyclic) bond motifs is 1. The number of hydrogen-bond donors (Lipinski definition) is 3. The van der Waals surface area contributed by atoms with Crippen molar-refractivity contribution in [3.05, 3.63) is 90.1 Å². The van der Waals surface area contributed by atoms with Crippen LogP contribution in [0.2, 0.25) is 0 Å². The Morgan fingerprint density at radius 2 is 1.93 bits per heavy atom. The number of imidazole rings is 1. The molecule has 0 aliphatic rings. The molecule has 0 radical (unpaired) electrons. The molecule has 30 heavy (non-hydrogen) atoms. The maximum absolute atomic E-state index is 12.8. The molecule has 150 valence electrons. The average molecular weight is 400 g/mol. The molecule has 1 aromatic carbocycles. The van der Waals surface area contributed by atoms with Gasteiger partial charge >= 0.3 is 6.03 Å². The zero-order chi connectivity index (χ0) is 20.9. The van der Waals surface area contributed by atoms with Gasteiger partial charge in [-0.1, -0.05) is 18.2 Å². The van der Waals surface area contributed by atoms with Crippen molar-refractivity contribution in [2.45, 2.75) is 13.5 Å². The van der Waals surface area contributed by atoms with E-state index < -0.39 is 0 Å². The second-order valence-corrected chi connectivity index (χ2v) is 6.73. The van der Waals surface area contributed by atoms with Crippen LogP contribution in [0.1, 0.15) is 21.6 Å². The van der Waals surface area contributed by atoms with Crippen molar-refractivity contribution in [3.8, 4) is 0 Å². The van der Waals surface area contributed by atoms with E-state index in [-0.39, 0.29) is 11.9 Å². The lowest BCUT2D eigenvalue weighted by Crippen LogP contribution is -2.28. The first-order valence-electron chi connectivity index (χ1n) is 9.38. The van der Waals surface area contributed by atoms with Crippen LogP contribution in [0.3, 0.4) is 0 Å². The monoisotopic (exact) mass is 400 g/mol. The summed E-state index contributed by atoms with van der Waals surface area (Å²) in [6.07, 6.45) is 6.55. The lowest BCUT2D eigenvalue weighted by molar-refractivity contribution is 0.102. The van der Waals surface area contributed by atoms with Crippen LogP contribution < -0.4 is 16.0 Å². The fourth-order valence-corrected chi connectivity index (χ4v) is 2.99. The third-order valence-electron chi connectivity index (χ3n) is 4.57. The fraction of sp³-hybridized carbons (Fsp3) is 0.0909. The molecule has 8 nitrogen and oxygen atoms in total. The van der Waals surface area contributed by atoms with Crippen molar-refractivity contribution < 1.29 is 9.59 Å². The molecule has 8 heteroatoms. The number of hydrogen-bond acceptors (Lipinski definition) is 4. The molecule has 0 unspecified atom stereocenters. The van der Waals surface area contributed by atoms with Crippen molar-refractivity contribution in [1.82, 2.24) is 19.7 Å². The minimum absolute atomic E-state index is 0.253. The topological polar surface area (TPSA) is 100 Å². The van der Waals surface area contributed by atoms with Gasteiger partial charge in [0, 0.05) is 24.6 Å². The van der Waals surface area contributed by atoms with Crippen LogP contribution >= 0.6 is 0 Å². The van der Waals surface area contributed by atoms with Gasteiger partial charge in [0.05, 0.1) is 18.1 Å². The fourth-order valence-electron chi connectivity index (χ4n) is 2.99. The van der Waals surface area contributed by atoms with Gasteiger partial charge in [-0.2, -0.15) is 0 Å². The highest BCUT2D eigenvalue weighted by atomic mass is 16.2. The van der Waals surface area contributed by atoms with Gasteiger partial charge in [-0.15, -0.1) is 0 Å². The van der Waals surface area contributed by atoms with Crippen LogP contribution in [0.15, 0.2) is 73.3 Å². The van der Waals surface area contributed by atoms with E-state index in [1.54, 1.807) is 41.3 Å². The van der Waals surface area contributed by atoms with Gasteiger partial charge in [-0.25, -0.2) is 9.78 Å².